The first-order chi connectivity index (χ1) is 7.04. The lowest BCUT2D eigenvalue weighted by Gasteiger charge is -2.17. The Morgan fingerprint density at radius 3 is 2.87 bits per heavy atom. The van der Waals surface area contributed by atoms with E-state index in [1.165, 1.54) is 28.3 Å². The van der Waals surface area contributed by atoms with Gasteiger partial charge in [-0.3, -0.25) is 0 Å². The second-order valence-corrected chi connectivity index (χ2v) is 6.39. The molecule has 0 radical (unpaired) electrons. The van der Waals surface area contributed by atoms with Crippen LogP contribution in [0.1, 0.15) is 26.3 Å². The Bertz CT molecular complexity index is 352. The fraction of sp³-hybridized carbons (Fsp3) is 0.538. The van der Waals surface area contributed by atoms with Crippen molar-refractivity contribution >= 4 is 17.4 Å². The molecule has 2 rings (SSSR count). The Kier molecular flexibility index (Phi) is 2.96. The highest BCUT2D eigenvalue weighted by molar-refractivity contribution is 7.99. The number of rotatable bonds is 2. The van der Waals surface area contributed by atoms with Gasteiger partial charge in [-0.05, 0) is 35.6 Å². The summed E-state index contributed by atoms with van der Waals surface area (Å²) < 4.78 is 0. The van der Waals surface area contributed by atoms with Gasteiger partial charge in [-0.25, -0.2) is 0 Å². The molecule has 0 atom stereocenters. The summed E-state index contributed by atoms with van der Waals surface area (Å²) >= 11 is 1.97. The molecule has 0 saturated carbocycles. The zero-order valence-electron chi connectivity index (χ0n) is 9.76. The molecule has 1 N–H and O–H groups in total. The number of thioether (sulfide) groups is 1. The summed E-state index contributed by atoms with van der Waals surface area (Å²) in [5.41, 5.74) is 3.21. The quantitative estimate of drug-likeness (QED) is 0.762. The Balaban J connectivity index is 2.04. The highest BCUT2D eigenvalue weighted by atomic mass is 32.2. The molecule has 1 nitrogen and oxygen atoms in total. The molecular weight excluding hydrogens is 202 g/mol. The topological polar surface area (TPSA) is 12.0 Å². The third kappa shape index (κ3) is 2.91. The molecule has 82 valence electrons. The molecule has 2 heteroatoms. The Hall–Kier alpha value is -0.630. The maximum atomic E-state index is 3.39. The van der Waals surface area contributed by atoms with Crippen molar-refractivity contribution in [1.29, 1.82) is 0 Å². The van der Waals surface area contributed by atoms with Crippen LogP contribution >= 0.6 is 11.8 Å². The molecule has 1 aliphatic rings. The molecule has 0 amide bonds. The molecule has 0 unspecified atom stereocenters. The number of anilines is 1. The lowest BCUT2D eigenvalue weighted by Crippen LogP contribution is -2.07. The van der Waals surface area contributed by atoms with Gasteiger partial charge in [0.2, 0.25) is 0 Å². The van der Waals surface area contributed by atoms with Crippen molar-refractivity contribution in [2.24, 2.45) is 5.41 Å². The van der Waals surface area contributed by atoms with Gasteiger partial charge in [-0.2, -0.15) is 0 Å². The fourth-order valence-electron chi connectivity index (χ4n) is 1.67. The monoisotopic (exact) mass is 221 g/mol. The van der Waals surface area contributed by atoms with Crippen molar-refractivity contribution in [2.75, 3.05) is 17.6 Å². The molecule has 1 heterocycles. The van der Waals surface area contributed by atoms with Crippen LogP contribution in [0.15, 0.2) is 23.1 Å². The number of benzene rings is 1. The minimum absolute atomic E-state index is 0.405. The van der Waals surface area contributed by atoms with E-state index in [1.807, 2.05) is 11.8 Å². The molecule has 0 fully saturated rings. The Labute approximate surface area is 96.7 Å². The minimum Gasteiger partial charge on any atom is -0.384 e. The van der Waals surface area contributed by atoms with Gasteiger partial charge in [-0.1, -0.05) is 20.8 Å². The number of nitrogens with one attached hydrogen (secondary N) is 1. The lowest BCUT2D eigenvalue weighted by atomic mass is 10.0. The summed E-state index contributed by atoms with van der Waals surface area (Å²) in [5.74, 6) is 1.18. The molecule has 0 bridgehead atoms. The third-order valence-electron chi connectivity index (χ3n) is 2.46. The second kappa shape index (κ2) is 4.09. The highest BCUT2D eigenvalue weighted by Gasteiger charge is 2.13. The van der Waals surface area contributed by atoms with Crippen molar-refractivity contribution in [3.63, 3.8) is 0 Å². The summed E-state index contributed by atoms with van der Waals surface area (Å²) in [6, 6.07) is 6.78. The van der Waals surface area contributed by atoms with Crippen LogP contribution in [0, 0.1) is 5.41 Å². The predicted octanol–water partition coefficient (Wildman–Crippen LogP) is 3.79. The molecule has 0 spiro atoms. The molecule has 15 heavy (non-hydrogen) atoms. The van der Waals surface area contributed by atoms with E-state index < -0.39 is 0 Å². The summed E-state index contributed by atoms with van der Waals surface area (Å²) in [5, 5.41) is 3.39. The summed E-state index contributed by atoms with van der Waals surface area (Å²) in [6.45, 7) is 7.96. The SMILES string of the molecule is CC(C)(C)CSc1ccc2c(c1)CCN2. The van der Waals surface area contributed by atoms with Crippen LogP contribution < -0.4 is 5.32 Å². The smallest absolute Gasteiger partial charge is 0.0374 e. The van der Waals surface area contributed by atoms with Crippen molar-refractivity contribution in [1.82, 2.24) is 0 Å². The normalized spacial score (nSPS) is 14.9. The van der Waals surface area contributed by atoms with E-state index in [0.29, 0.717) is 5.41 Å². The third-order valence-corrected chi connectivity index (χ3v) is 4.06. The Morgan fingerprint density at radius 2 is 2.13 bits per heavy atom. The average molecular weight is 221 g/mol. The molecule has 0 saturated heterocycles. The van der Waals surface area contributed by atoms with E-state index >= 15 is 0 Å². The molecule has 1 aliphatic heterocycles. The first-order valence-corrected chi connectivity index (χ1v) is 6.53. The fourth-order valence-corrected chi connectivity index (χ4v) is 2.66. The second-order valence-electron chi connectivity index (χ2n) is 5.35. The van der Waals surface area contributed by atoms with E-state index in [2.05, 4.69) is 44.3 Å². The van der Waals surface area contributed by atoms with Crippen LogP contribution in [0.3, 0.4) is 0 Å². The van der Waals surface area contributed by atoms with E-state index in [-0.39, 0.29) is 0 Å². The zero-order valence-corrected chi connectivity index (χ0v) is 10.6. The van der Waals surface area contributed by atoms with E-state index in [9.17, 15) is 0 Å². The van der Waals surface area contributed by atoms with Crippen LogP contribution in [-0.4, -0.2) is 12.3 Å². The van der Waals surface area contributed by atoms with E-state index in [1.54, 1.807) is 0 Å². The van der Waals surface area contributed by atoms with Crippen molar-refractivity contribution in [3.05, 3.63) is 23.8 Å². The Morgan fingerprint density at radius 1 is 1.33 bits per heavy atom. The van der Waals surface area contributed by atoms with E-state index in [4.69, 9.17) is 0 Å². The molecule has 1 aromatic rings. The first kappa shape index (κ1) is 10.9. The molecular formula is C13H19NS. The van der Waals surface area contributed by atoms with Crippen LogP contribution in [0.2, 0.25) is 0 Å². The van der Waals surface area contributed by atoms with Gasteiger partial charge in [0.1, 0.15) is 0 Å². The lowest BCUT2D eigenvalue weighted by molar-refractivity contribution is 0.481. The van der Waals surface area contributed by atoms with Crippen LogP contribution in [-0.2, 0) is 6.42 Å². The number of hydrogen-bond acceptors (Lipinski definition) is 2. The summed E-state index contributed by atoms with van der Waals surface area (Å²) in [6.07, 6.45) is 1.18. The van der Waals surface area contributed by atoms with Gasteiger partial charge in [-0.15, -0.1) is 11.8 Å². The number of fused-ring (bicyclic) bond motifs is 1. The van der Waals surface area contributed by atoms with Crippen LogP contribution in [0.25, 0.3) is 0 Å². The maximum absolute atomic E-state index is 3.39. The van der Waals surface area contributed by atoms with Crippen molar-refractivity contribution in [2.45, 2.75) is 32.1 Å². The first-order valence-electron chi connectivity index (χ1n) is 5.54. The summed E-state index contributed by atoms with van der Waals surface area (Å²) in [7, 11) is 0. The predicted molar refractivity (Wildman–Crippen MR) is 68.8 cm³/mol. The standard InChI is InChI=1S/C13H19NS/c1-13(2,3)9-15-11-4-5-12-10(8-11)6-7-14-12/h4-5,8,14H,6-7,9H2,1-3H3. The highest BCUT2D eigenvalue weighted by Crippen LogP contribution is 2.31. The molecule has 1 aromatic carbocycles. The van der Waals surface area contributed by atoms with Gasteiger partial charge in [0.05, 0.1) is 0 Å². The van der Waals surface area contributed by atoms with Crippen LogP contribution in [0.5, 0.6) is 0 Å². The largest absolute Gasteiger partial charge is 0.384 e. The summed E-state index contributed by atoms with van der Waals surface area (Å²) in [4.78, 5) is 1.41. The van der Waals surface area contributed by atoms with Gasteiger partial charge in [0.25, 0.3) is 0 Å². The maximum Gasteiger partial charge on any atom is 0.0374 e. The van der Waals surface area contributed by atoms with Gasteiger partial charge in [0.15, 0.2) is 0 Å². The molecule has 0 aliphatic carbocycles. The zero-order chi connectivity index (χ0) is 10.9. The van der Waals surface area contributed by atoms with Crippen LogP contribution in [0.4, 0.5) is 5.69 Å². The average Bonchev–Trinajstić information content (AvgIpc) is 2.60. The minimum atomic E-state index is 0.405. The van der Waals surface area contributed by atoms with Gasteiger partial charge in [0, 0.05) is 22.9 Å². The van der Waals surface area contributed by atoms with Gasteiger partial charge >= 0.3 is 0 Å². The molecule has 0 aromatic heterocycles. The van der Waals surface area contributed by atoms with Crippen molar-refractivity contribution < 1.29 is 0 Å². The van der Waals surface area contributed by atoms with E-state index in [0.717, 1.165) is 6.54 Å². The van der Waals surface area contributed by atoms with Crippen molar-refractivity contribution in [3.8, 4) is 0 Å². The van der Waals surface area contributed by atoms with Gasteiger partial charge < -0.3 is 5.32 Å². The number of hydrogen-bond donors (Lipinski definition) is 1.